The largest absolute Gasteiger partial charge is 0.489 e. The lowest BCUT2D eigenvalue weighted by Gasteiger charge is -2.25. The van der Waals surface area contributed by atoms with Crippen LogP contribution < -0.4 is 15.2 Å². The summed E-state index contributed by atoms with van der Waals surface area (Å²) in [5.74, 6) is 0.543. The molecule has 1 aromatic heterocycles. The van der Waals surface area contributed by atoms with E-state index in [4.69, 9.17) is 15.2 Å². The Morgan fingerprint density at radius 2 is 1.93 bits per heavy atom. The van der Waals surface area contributed by atoms with Crippen molar-refractivity contribution in [1.82, 2.24) is 4.98 Å². The SMILES string of the molecule is C[C@H]1CC(=O)c2ccc(O[C@H](c3ccncc3)c3ccccc3C(N)=O)cc2O1. The van der Waals surface area contributed by atoms with Crippen LogP contribution >= 0.6 is 0 Å². The van der Waals surface area contributed by atoms with Crippen molar-refractivity contribution in [2.45, 2.75) is 25.6 Å². The number of nitrogens with zero attached hydrogens (tertiary/aromatic N) is 1. The second-order valence-corrected chi connectivity index (χ2v) is 6.94. The first-order valence-electron chi connectivity index (χ1n) is 9.32. The van der Waals surface area contributed by atoms with E-state index in [1.54, 1.807) is 42.7 Å². The van der Waals surface area contributed by atoms with Crippen LogP contribution in [0.15, 0.2) is 67.0 Å². The van der Waals surface area contributed by atoms with E-state index in [1.165, 1.54) is 0 Å². The number of ketones is 1. The fraction of sp³-hybridized carbons (Fsp3) is 0.174. The summed E-state index contributed by atoms with van der Waals surface area (Å²) in [6.45, 7) is 1.86. The molecule has 2 N–H and O–H groups in total. The minimum Gasteiger partial charge on any atom is -0.489 e. The van der Waals surface area contributed by atoms with Gasteiger partial charge in [-0.25, -0.2) is 0 Å². The van der Waals surface area contributed by atoms with Crippen LogP contribution in [0.5, 0.6) is 11.5 Å². The summed E-state index contributed by atoms with van der Waals surface area (Å²) in [6.07, 6.45) is 2.91. The smallest absolute Gasteiger partial charge is 0.249 e. The second kappa shape index (κ2) is 7.75. The molecule has 6 heteroatoms. The van der Waals surface area contributed by atoms with Crippen LogP contribution in [0.2, 0.25) is 0 Å². The van der Waals surface area contributed by atoms with Crippen molar-refractivity contribution < 1.29 is 19.1 Å². The Bertz CT molecular complexity index is 1070. The number of aromatic nitrogens is 1. The fourth-order valence-corrected chi connectivity index (χ4v) is 3.47. The van der Waals surface area contributed by atoms with Gasteiger partial charge in [-0.1, -0.05) is 18.2 Å². The minimum absolute atomic E-state index is 0.0510. The van der Waals surface area contributed by atoms with Crippen molar-refractivity contribution in [3.63, 3.8) is 0 Å². The lowest BCUT2D eigenvalue weighted by molar-refractivity contribution is 0.0869. The number of rotatable bonds is 5. The normalized spacial score (nSPS) is 16.4. The first-order valence-corrected chi connectivity index (χ1v) is 9.32. The maximum atomic E-state index is 12.2. The van der Waals surface area contributed by atoms with Gasteiger partial charge in [-0.3, -0.25) is 14.6 Å². The topological polar surface area (TPSA) is 91.5 Å². The number of primary amides is 1. The molecule has 4 rings (SSSR count). The van der Waals surface area contributed by atoms with Gasteiger partial charge in [0.1, 0.15) is 23.7 Å². The van der Waals surface area contributed by atoms with E-state index < -0.39 is 12.0 Å². The molecule has 0 bridgehead atoms. The predicted molar refractivity (Wildman–Crippen MR) is 107 cm³/mol. The molecule has 1 aliphatic rings. The Morgan fingerprint density at radius 3 is 2.69 bits per heavy atom. The number of ether oxygens (including phenoxy) is 2. The molecule has 146 valence electrons. The number of hydrogen-bond acceptors (Lipinski definition) is 5. The van der Waals surface area contributed by atoms with Gasteiger partial charge in [0.05, 0.1) is 5.56 Å². The van der Waals surface area contributed by atoms with E-state index in [-0.39, 0.29) is 11.9 Å². The molecule has 0 radical (unpaired) electrons. The zero-order valence-corrected chi connectivity index (χ0v) is 15.9. The molecular weight excluding hydrogens is 368 g/mol. The number of Topliss-reactive ketones (excluding diaryl/α,β-unsaturated/α-hetero) is 1. The van der Waals surface area contributed by atoms with Gasteiger partial charge >= 0.3 is 0 Å². The molecule has 3 aromatic rings. The van der Waals surface area contributed by atoms with E-state index in [0.29, 0.717) is 34.6 Å². The molecule has 6 nitrogen and oxygen atoms in total. The van der Waals surface area contributed by atoms with E-state index in [9.17, 15) is 9.59 Å². The Morgan fingerprint density at radius 1 is 1.17 bits per heavy atom. The zero-order chi connectivity index (χ0) is 20.4. The monoisotopic (exact) mass is 388 g/mol. The van der Waals surface area contributed by atoms with E-state index >= 15 is 0 Å². The van der Waals surface area contributed by atoms with E-state index in [1.807, 2.05) is 31.2 Å². The van der Waals surface area contributed by atoms with Gasteiger partial charge in [-0.15, -0.1) is 0 Å². The van der Waals surface area contributed by atoms with Crippen molar-refractivity contribution in [2.75, 3.05) is 0 Å². The molecule has 0 aliphatic carbocycles. The highest BCUT2D eigenvalue weighted by Crippen LogP contribution is 2.35. The van der Waals surface area contributed by atoms with Crippen LogP contribution in [0.3, 0.4) is 0 Å². The molecule has 1 amide bonds. The maximum absolute atomic E-state index is 12.2. The first-order chi connectivity index (χ1) is 14.0. The molecule has 29 heavy (non-hydrogen) atoms. The number of pyridine rings is 1. The zero-order valence-electron chi connectivity index (χ0n) is 15.9. The van der Waals surface area contributed by atoms with Gasteiger partial charge in [0.25, 0.3) is 0 Å². The standard InChI is InChI=1S/C23H20N2O4/c1-14-12-20(26)19-7-6-16(13-21(19)28-14)29-22(15-8-10-25-11-9-15)17-4-2-3-5-18(17)23(24)27/h2-11,13-14,22H,12H2,1H3,(H2,24,27)/t14-,22+/m0/s1. The van der Waals surface area contributed by atoms with E-state index in [2.05, 4.69) is 4.98 Å². The first kappa shape index (κ1) is 18.7. The van der Waals surface area contributed by atoms with Crippen LogP contribution in [-0.4, -0.2) is 22.8 Å². The lowest BCUT2D eigenvalue weighted by Crippen LogP contribution is -2.24. The van der Waals surface area contributed by atoms with Crippen molar-refractivity contribution in [1.29, 1.82) is 0 Å². The van der Waals surface area contributed by atoms with Crippen LogP contribution in [0.4, 0.5) is 0 Å². The number of hydrogen-bond donors (Lipinski definition) is 1. The van der Waals surface area contributed by atoms with Gasteiger partial charge in [0.15, 0.2) is 5.78 Å². The highest BCUT2D eigenvalue weighted by atomic mass is 16.5. The van der Waals surface area contributed by atoms with Crippen LogP contribution in [0, 0.1) is 0 Å². The Balaban J connectivity index is 1.76. The molecule has 0 saturated carbocycles. The molecule has 0 fully saturated rings. The van der Waals surface area contributed by atoms with Gasteiger partial charge in [-0.2, -0.15) is 0 Å². The van der Waals surface area contributed by atoms with Crippen molar-refractivity contribution >= 4 is 11.7 Å². The lowest BCUT2D eigenvalue weighted by atomic mass is 9.96. The van der Waals surface area contributed by atoms with Crippen molar-refractivity contribution in [2.24, 2.45) is 5.73 Å². The number of benzene rings is 2. The summed E-state index contributed by atoms with van der Waals surface area (Å²) in [6, 6.07) is 15.9. The third-order valence-corrected chi connectivity index (χ3v) is 4.83. The predicted octanol–water partition coefficient (Wildman–Crippen LogP) is 3.70. The highest BCUT2D eigenvalue weighted by Gasteiger charge is 2.26. The Labute approximate surface area is 168 Å². The molecular formula is C23H20N2O4. The third-order valence-electron chi connectivity index (χ3n) is 4.83. The number of amides is 1. The van der Waals surface area contributed by atoms with E-state index in [0.717, 1.165) is 5.56 Å². The number of carbonyl (C=O) groups excluding carboxylic acids is 2. The molecule has 2 aromatic carbocycles. The van der Waals surface area contributed by atoms with Crippen LogP contribution in [0.1, 0.15) is 51.3 Å². The minimum atomic E-state index is -0.587. The van der Waals surface area contributed by atoms with Crippen LogP contribution in [-0.2, 0) is 0 Å². The number of nitrogens with two attached hydrogens (primary N) is 1. The number of fused-ring (bicyclic) bond motifs is 1. The summed E-state index contributed by atoms with van der Waals surface area (Å²) in [7, 11) is 0. The molecule has 0 saturated heterocycles. The quantitative estimate of drug-likeness (QED) is 0.719. The molecule has 1 aliphatic heterocycles. The summed E-state index contributed by atoms with van der Waals surface area (Å²) >= 11 is 0. The molecule has 2 atom stereocenters. The van der Waals surface area contributed by atoms with Gasteiger partial charge in [0.2, 0.25) is 5.91 Å². The van der Waals surface area contributed by atoms with Gasteiger partial charge in [0, 0.05) is 36.0 Å². The summed E-state index contributed by atoms with van der Waals surface area (Å²) < 4.78 is 12.1. The Kier molecular flexibility index (Phi) is 4.99. The third kappa shape index (κ3) is 3.82. The van der Waals surface area contributed by atoms with Crippen molar-refractivity contribution in [3.05, 3.63) is 89.2 Å². The average molecular weight is 388 g/mol. The summed E-state index contributed by atoms with van der Waals surface area (Å²) in [4.78, 5) is 28.2. The molecule has 2 heterocycles. The number of carbonyl (C=O) groups is 2. The molecule has 0 spiro atoms. The van der Waals surface area contributed by atoms with Crippen LogP contribution in [0.25, 0.3) is 0 Å². The Hall–Kier alpha value is -3.67. The summed E-state index contributed by atoms with van der Waals surface area (Å²) in [5.41, 5.74) is 7.98. The highest BCUT2D eigenvalue weighted by molar-refractivity contribution is 6.00. The van der Waals surface area contributed by atoms with Gasteiger partial charge < -0.3 is 15.2 Å². The fourth-order valence-electron chi connectivity index (χ4n) is 3.47. The summed E-state index contributed by atoms with van der Waals surface area (Å²) in [5, 5.41) is 0. The maximum Gasteiger partial charge on any atom is 0.249 e. The van der Waals surface area contributed by atoms with Crippen molar-refractivity contribution in [3.8, 4) is 11.5 Å². The molecule has 0 unspecified atom stereocenters. The average Bonchev–Trinajstić information content (AvgIpc) is 2.72. The van der Waals surface area contributed by atoms with Gasteiger partial charge in [-0.05, 0) is 42.8 Å². The second-order valence-electron chi connectivity index (χ2n) is 6.94.